The Bertz CT molecular complexity index is 490. The van der Waals surface area contributed by atoms with Crippen LogP contribution in [0, 0.1) is 5.92 Å². The SMILES string of the molecule is CC1CCC(NC(=O)NC(C)c2ccco2)(C(=O)O)CC1. The molecule has 21 heavy (non-hydrogen) atoms. The molecule has 2 rings (SSSR count). The minimum atomic E-state index is -1.15. The molecule has 1 fully saturated rings. The molecule has 1 aliphatic carbocycles. The lowest BCUT2D eigenvalue weighted by atomic mass is 9.77. The molecular formula is C15H22N2O4. The van der Waals surface area contributed by atoms with Crippen molar-refractivity contribution in [3.05, 3.63) is 24.2 Å². The summed E-state index contributed by atoms with van der Waals surface area (Å²) in [5.41, 5.74) is -1.15. The molecule has 0 bridgehead atoms. The maximum Gasteiger partial charge on any atom is 0.329 e. The molecule has 6 nitrogen and oxygen atoms in total. The molecule has 0 radical (unpaired) electrons. The Morgan fingerprint density at radius 2 is 2.10 bits per heavy atom. The van der Waals surface area contributed by atoms with Gasteiger partial charge < -0.3 is 20.2 Å². The van der Waals surface area contributed by atoms with Crippen molar-refractivity contribution in [3.8, 4) is 0 Å². The van der Waals surface area contributed by atoms with Crippen molar-refractivity contribution in [1.82, 2.24) is 10.6 Å². The van der Waals surface area contributed by atoms with Gasteiger partial charge in [-0.25, -0.2) is 9.59 Å². The lowest BCUT2D eigenvalue weighted by Crippen LogP contribution is -2.58. The third-order valence-electron chi connectivity index (χ3n) is 4.21. The van der Waals surface area contributed by atoms with Gasteiger partial charge in [0, 0.05) is 0 Å². The largest absolute Gasteiger partial charge is 0.480 e. The highest BCUT2D eigenvalue weighted by atomic mass is 16.4. The van der Waals surface area contributed by atoms with Crippen LogP contribution in [-0.2, 0) is 4.79 Å². The summed E-state index contributed by atoms with van der Waals surface area (Å²) in [6.07, 6.45) is 4.07. The fourth-order valence-electron chi connectivity index (χ4n) is 2.71. The summed E-state index contributed by atoms with van der Waals surface area (Å²) in [5, 5.41) is 14.8. The quantitative estimate of drug-likeness (QED) is 0.796. The second-order valence-corrected chi connectivity index (χ2v) is 5.91. The van der Waals surface area contributed by atoms with E-state index >= 15 is 0 Å². The van der Waals surface area contributed by atoms with Crippen LogP contribution in [-0.4, -0.2) is 22.6 Å². The maximum atomic E-state index is 12.1. The number of hydrogen-bond acceptors (Lipinski definition) is 3. The molecular weight excluding hydrogens is 272 g/mol. The van der Waals surface area contributed by atoms with Crippen LogP contribution in [0.5, 0.6) is 0 Å². The molecule has 1 aromatic heterocycles. The Labute approximate surface area is 123 Å². The summed E-state index contributed by atoms with van der Waals surface area (Å²) in [6.45, 7) is 3.89. The van der Waals surface area contributed by atoms with Crippen LogP contribution in [0.1, 0.15) is 51.3 Å². The molecule has 0 aliphatic heterocycles. The Kier molecular flexibility index (Phi) is 4.55. The Morgan fingerprint density at radius 1 is 1.43 bits per heavy atom. The number of aliphatic carboxylic acids is 1. The molecule has 1 saturated carbocycles. The van der Waals surface area contributed by atoms with E-state index in [-0.39, 0.29) is 6.04 Å². The molecule has 2 amide bonds. The van der Waals surface area contributed by atoms with E-state index < -0.39 is 17.5 Å². The monoisotopic (exact) mass is 294 g/mol. The van der Waals surface area contributed by atoms with Crippen molar-refractivity contribution >= 4 is 12.0 Å². The first kappa shape index (κ1) is 15.4. The van der Waals surface area contributed by atoms with Gasteiger partial charge in [0.25, 0.3) is 0 Å². The molecule has 1 heterocycles. The third kappa shape index (κ3) is 3.56. The number of rotatable bonds is 4. The highest BCUT2D eigenvalue weighted by Gasteiger charge is 2.42. The van der Waals surface area contributed by atoms with Crippen molar-refractivity contribution in [2.24, 2.45) is 5.92 Å². The average molecular weight is 294 g/mol. The zero-order chi connectivity index (χ0) is 15.5. The summed E-state index contributed by atoms with van der Waals surface area (Å²) in [4.78, 5) is 23.7. The molecule has 6 heteroatoms. The number of carboxylic acids is 1. The van der Waals surface area contributed by atoms with Gasteiger partial charge in [0.05, 0.1) is 12.3 Å². The van der Waals surface area contributed by atoms with Crippen LogP contribution in [0.15, 0.2) is 22.8 Å². The minimum absolute atomic E-state index is 0.312. The fourth-order valence-corrected chi connectivity index (χ4v) is 2.71. The van der Waals surface area contributed by atoms with E-state index in [4.69, 9.17) is 4.42 Å². The van der Waals surface area contributed by atoms with E-state index in [1.807, 2.05) is 0 Å². The lowest BCUT2D eigenvalue weighted by molar-refractivity contribution is -0.146. The van der Waals surface area contributed by atoms with E-state index in [0.717, 1.165) is 12.8 Å². The Balaban J connectivity index is 1.97. The smallest absolute Gasteiger partial charge is 0.329 e. The molecule has 3 N–H and O–H groups in total. The predicted octanol–water partition coefficient (Wildman–Crippen LogP) is 2.67. The Hall–Kier alpha value is -1.98. The van der Waals surface area contributed by atoms with E-state index in [9.17, 15) is 14.7 Å². The maximum absolute atomic E-state index is 12.1. The number of urea groups is 1. The molecule has 0 saturated heterocycles. The fraction of sp³-hybridized carbons (Fsp3) is 0.600. The van der Waals surface area contributed by atoms with Crippen LogP contribution in [0.25, 0.3) is 0 Å². The number of furan rings is 1. The van der Waals surface area contributed by atoms with Gasteiger partial charge in [-0.3, -0.25) is 0 Å². The zero-order valence-electron chi connectivity index (χ0n) is 12.4. The topological polar surface area (TPSA) is 91.6 Å². The van der Waals surface area contributed by atoms with E-state index in [0.29, 0.717) is 24.5 Å². The van der Waals surface area contributed by atoms with Gasteiger partial charge in [0.2, 0.25) is 0 Å². The molecule has 1 atom stereocenters. The van der Waals surface area contributed by atoms with Crippen LogP contribution >= 0.6 is 0 Å². The van der Waals surface area contributed by atoms with Crippen molar-refractivity contribution in [1.29, 1.82) is 0 Å². The van der Waals surface area contributed by atoms with Gasteiger partial charge in [0.1, 0.15) is 11.3 Å². The summed E-state index contributed by atoms with van der Waals surface area (Å²) in [6, 6.07) is 2.72. The van der Waals surface area contributed by atoms with Crippen molar-refractivity contribution < 1.29 is 19.1 Å². The van der Waals surface area contributed by atoms with E-state index in [2.05, 4.69) is 17.6 Å². The van der Waals surface area contributed by atoms with Crippen LogP contribution < -0.4 is 10.6 Å². The summed E-state index contributed by atoms with van der Waals surface area (Å²) < 4.78 is 5.21. The van der Waals surface area contributed by atoms with Crippen LogP contribution in [0.4, 0.5) is 4.79 Å². The molecule has 0 spiro atoms. The molecule has 116 valence electrons. The number of hydrogen-bond donors (Lipinski definition) is 3. The Morgan fingerprint density at radius 3 is 2.62 bits per heavy atom. The third-order valence-corrected chi connectivity index (χ3v) is 4.21. The summed E-state index contributed by atoms with van der Waals surface area (Å²) in [5.74, 6) is 0.173. The zero-order valence-corrected chi connectivity index (χ0v) is 12.4. The summed E-state index contributed by atoms with van der Waals surface area (Å²) >= 11 is 0. The second kappa shape index (κ2) is 6.20. The van der Waals surface area contributed by atoms with Crippen LogP contribution in [0.2, 0.25) is 0 Å². The normalized spacial score (nSPS) is 26.9. The number of nitrogens with one attached hydrogen (secondary N) is 2. The first-order chi connectivity index (χ1) is 9.93. The second-order valence-electron chi connectivity index (χ2n) is 5.91. The molecule has 1 aromatic rings. The van der Waals surface area contributed by atoms with Gasteiger partial charge in [-0.1, -0.05) is 6.92 Å². The number of carbonyl (C=O) groups excluding carboxylic acids is 1. The van der Waals surface area contributed by atoms with Gasteiger partial charge in [-0.05, 0) is 50.7 Å². The van der Waals surface area contributed by atoms with E-state index in [1.54, 1.807) is 19.1 Å². The molecule has 0 aromatic carbocycles. The summed E-state index contributed by atoms with van der Waals surface area (Å²) in [7, 11) is 0. The lowest BCUT2D eigenvalue weighted by Gasteiger charge is -2.36. The highest BCUT2D eigenvalue weighted by molar-refractivity contribution is 5.86. The number of carbonyl (C=O) groups is 2. The van der Waals surface area contributed by atoms with E-state index in [1.165, 1.54) is 6.26 Å². The number of carboxylic acid groups (broad SMARTS) is 1. The molecule has 1 unspecified atom stereocenters. The molecule has 1 aliphatic rings. The average Bonchev–Trinajstić information content (AvgIpc) is 2.95. The van der Waals surface area contributed by atoms with Gasteiger partial charge in [-0.2, -0.15) is 0 Å². The van der Waals surface area contributed by atoms with Gasteiger partial charge >= 0.3 is 12.0 Å². The van der Waals surface area contributed by atoms with Crippen molar-refractivity contribution in [2.75, 3.05) is 0 Å². The van der Waals surface area contributed by atoms with Crippen molar-refractivity contribution in [3.63, 3.8) is 0 Å². The van der Waals surface area contributed by atoms with Gasteiger partial charge in [-0.15, -0.1) is 0 Å². The van der Waals surface area contributed by atoms with Gasteiger partial charge in [0.15, 0.2) is 0 Å². The predicted molar refractivity (Wildman–Crippen MR) is 76.8 cm³/mol. The van der Waals surface area contributed by atoms with Crippen molar-refractivity contribution in [2.45, 2.75) is 51.1 Å². The number of amides is 2. The highest BCUT2D eigenvalue weighted by Crippen LogP contribution is 2.32. The first-order valence-electron chi connectivity index (χ1n) is 7.28. The van der Waals surface area contributed by atoms with Crippen LogP contribution in [0.3, 0.4) is 0 Å². The minimum Gasteiger partial charge on any atom is -0.480 e. The first-order valence-corrected chi connectivity index (χ1v) is 7.28. The standard InChI is InChI=1S/C15H22N2O4/c1-10-5-7-15(8-6-10,13(18)19)17-14(20)16-11(2)12-4-3-9-21-12/h3-4,9-11H,5-8H2,1-2H3,(H,18,19)(H2,16,17,20).